The average Bonchev–Trinajstić information content (AvgIpc) is 3.45. The minimum atomic E-state index is -5.05. The molecule has 0 saturated heterocycles. The quantitative estimate of drug-likeness (QED) is 0.153. The van der Waals surface area contributed by atoms with Crippen molar-refractivity contribution in [2.45, 2.75) is 31.6 Å². The highest BCUT2D eigenvalue weighted by molar-refractivity contribution is 7.14. The van der Waals surface area contributed by atoms with Crippen molar-refractivity contribution < 1.29 is 45.0 Å². The van der Waals surface area contributed by atoms with E-state index in [2.05, 4.69) is 25.1 Å². The van der Waals surface area contributed by atoms with Crippen molar-refractivity contribution >= 4 is 22.5 Å². The van der Waals surface area contributed by atoms with Crippen LogP contribution in [0.25, 0.3) is 11.3 Å². The zero-order valence-electron chi connectivity index (χ0n) is 24.2. The minimum Gasteiger partial charge on any atom is -0.406 e. The molecule has 1 heterocycles. The van der Waals surface area contributed by atoms with Gasteiger partial charge in [0, 0.05) is 17.4 Å². The summed E-state index contributed by atoms with van der Waals surface area (Å²) >= 11 is 1.03. The van der Waals surface area contributed by atoms with Gasteiger partial charge in [-0.25, -0.2) is 14.2 Å². The molecule has 6 nitrogen and oxygen atoms in total. The zero-order valence-corrected chi connectivity index (χ0v) is 25.1. The second-order valence-corrected chi connectivity index (χ2v) is 11.2. The van der Waals surface area contributed by atoms with Crippen LogP contribution in [-0.4, -0.2) is 23.7 Å². The number of ether oxygens (including phenoxy) is 2. The van der Waals surface area contributed by atoms with Crippen molar-refractivity contribution in [1.82, 2.24) is 10.3 Å². The molecule has 244 valence electrons. The Labute approximate surface area is 267 Å². The van der Waals surface area contributed by atoms with E-state index in [0.29, 0.717) is 22.4 Å². The summed E-state index contributed by atoms with van der Waals surface area (Å²) in [6.45, 7) is 1.61. The fraction of sp³-hybridized carbons (Fsp3) is 0.152. The number of alkyl halides is 6. The standard InChI is InChI=1S/C33H24F7N3O3S/c1-20-13-14-22(15-27(20)34)28-19-47-30(41-28)42-29(44)43-31(18-21-7-3-2-4-8-21,23-9-5-11-25(16-23)45-32(35,36)37)24-10-6-12-26(17-24)46-33(38,39)40/h2-17,19H,18H2,1H3,(H2,41,42,43,44). The molecule has 0 aliphatic carbocycles. The van der Waals surface area contributed by atoms with Crippen LogP contribution in [0.2, 0.25) is 0 Å². The lowest BCUT2D eigenvalue weighted by atomic mass is 9.77. The highest BCUT2D eigenvalue weighted by Crippen LogP contribution is 2.38. The molecule has 2 N–H and O–H groups in total. The number of halogens is 7. The Morgan fingerprint density at radius 3 is 1.94 bits per heavy atom. The number of aromatic nitrogens is 1. The van der Waals surface area contributed by atoms with E-state index in [1.54, 1.807) is 54.8 Å². The number of nitrogens with one attached hydrogen (secondary N) is 2. The maximum atomic E-state index is 14.2. The Bertz CT molecular complexity index is 1800. The molecule has 0 unspecified atom stereocenters. The smallest absolute Gasteiger partial charge is 0.406 e. The number of benzene rings is 4. The molecule has 5 rings (SSSR count). The van der Waals surface area contributed by atoms with Gasteiger partial charge in [-0.05, 0) is 59.5 Å². The van der Waals surface area contributed by atoms with Crippen LogP contribution in [0.3, 0.4) is 0 Å². The molecule has 0 aliphatic rings. The summed E-state index contributed by atoms with van der Waals surface area (Å²) in [7, 11) is 0. The number of hydrogen-bond acceptors (Lipinski definition) is 5. The fourth-order valence-corrected chi connectivity index (χ4v) is 5.63. The first-order valence-electron chi connectivity index (χ1n) is 13.8. The summed E-state index contributed by atoms with van der Waals surface area (Å²) in [5.74, 6) is -1.68. The van der Waals surface area contributed by atoms with Crippen LogP contribution >= 0.6 is 11.3 Å². The van der Waals surface area contributed by atoms with Crippen molar-refractivity contribution in [3.63, 3.8) is 0 Å². The molecular weight excluding hydrogens is 651 g/mol. The number of anilines is 1. The van der Waals surface area contributed by atoms with Crippen LogP contribution in [0.4, 0.5) is 40.7 Å². The molecule has 0 aliphatic heterocycles. The number of hydrogen-bond donors (Lipinski definition) is 2. The number of aryl methyl sites for hydroxylation is 1. The average molecular weight is 676 g/mol. The maximum Gasteiger partial charge on any atom is 0.573 e. The van der Waals surface area contributed by atoms with Gasteiger partial charge in [0.25, 0.3) is 0 Å². The lowest BCUT2D eigenvalue weighted by molar-refractivity contribution is -0.275. The molecule has 0 atom stereocenters. The Kier molecular flexibility index (Phi) is 9.43. The third kappa shape index (κ3) is 8.58. The summed E-state index contributed by atoms with van der Waals surface area (Å²) in [6.07, 6.45) is -10.2. The molecule has 2 amide bonds. The molecule has 0 radical (unpaired) electrons. The summed E-state index contributed by atoms with van der Waals surface area (Å²) < 4.78 is 102. The lowest BCUT2D eigenvalue weighted by Gasteiger charge is -2.37. The van der Waals surface area contributed by atoms with Crippen LogP contribution < -0.4 is 20.1 Å². The number of carbonyl (C=O) groups is 1. The van der Waals surface area contributed by atoms with Crippen molar-refractivity contribution in [1.29, 1.82) is 0 Å². The first-order chi connectivity index (χ1) is 22.2. The SMILES string of the molecule is Cc1ccc(-c2csc(NC(=O)NC(Cc3ccccc3)(c3cccc(OC(F)(F)F)c3)c3cccc(OC(F)(F)F)c3)n2)cc1F. The van der Waals surface area contributed by atoms with Crippen LogP contribution in [0.15, 0.2) is 102 Å². The van der Waals surface area contributed by atoms with Gasteiger partial charge in [-0.2, -0.15) is 0 Å². The second kappa shape index (κ2) is 13.3. The predicted molar refractivity (Wildman–Crippen MR) is 162 cm³/mol. The van der Waals surface area contributed by atoms with E-state index in [1.165, 1.54) is 30.3 Å². The van der Waals surface area contributed by atoms with E-state index in [0.717, 1.165) is 35.6 Å². The topological polar surface area (TPSA) is 72.5 Å². The third-order valence-electron chi connectivity index (χ3n) is 6.95. The molecule has 0 fully saturated rings. The Balaban J connectivity index is 1.59. The van der Waals surface area contributed by atoms with E-state index in [9.17, 15) is 35.5 Å². The number of nitrogens with zero attached hydrogens (tertiary/aromatic N) is 1. The third-order valence-corrected chi connectivity index (χ3v) is 7.71. The second-order valence-electron chi connectivity index (χ2n) is 10.3. The van der Waals surface area contributed by atoms with Gasteiger partial charge in [-0.1, -0.05) is 66.7 Å². The van der Waals surface area contributed by atoms with Gasteiger partial charge in [-0.3, -0.25) is 5.32 Å². The van der Waals surface area contributed by atoms with E-state index < -0.39 is 41.6 Å². The monoisotopic (exact) mass is 675 g/mol. The van der Waals surface area contributed by atoms with E-state index in [1.807, 2.05) is 0 Å². The van der Waals surface area contributed by atoms with Gasteiger partial charge < -0.3 is 14.8 Å². The van der Waals surface area contributed by atoms with Gasteiger partial charge in [0.2, 0.25) is 0 Å². The zero-order chi connectivity index (χ0) is 33.8. The van der Waals surface area contributed by atoms with Gasteiger partial charge in [0.05, 0.1) is 11.2 Å². The molecule has 4 aromatic carbocycles. The summed E-state index contributed by atoms with van der Waals surface area (Å²) in [6, 6.07) is 21.7. The van der Waals surface area contributed by atoms with E-state index >= 15 is 0 Å². The van der Waals surface area contributed by atoms with Gasteiger partial charge in [-0.15, -0.1) is 37.7 Å². The molecule has 14 heteroatoms. The van der Waals surface area contributed by atoms with Gasteiger partial charge >= 0.3 is 18.8 Å². The number of rotatable bonds is 9. The Morgan fingerprint density at radius 2 is 1.38 bits per heavy atom. The minimum absolute atomic E-state index is 0.0531. The Morgan fingerprint density at radius 1 is 0.787 bits per heavy atom. The predicted octanol–water partition coefficient (Wildman–Crippen LogP) is 9.36. The van der Waals surface area contributed by atoms with Crippen LogP contribution in [0.1, 0.15) is 22.3 Å². The number of carbonyl (C=O) groups excluding carboxylic acids is 1. The number of thiazole rings is 1. The fourth-order valence-electron chi connectivity index (χ4n) is 4.92. The van der Waals surface area contributed by atoms with Crippen molar-refractivity contribution in [3.05, 3.63) is 131 Å². The van der Waals surface area contributed by atoms with Crippen LogP contribution in [0.5, 0.6) is 11.5 Å². The highest BCUT2D eigenvalue weighted by atomic mass is 32.1. The number of urea groups is 1. The van der Waals surface area contributed by atoms with Crippen LogP contribution in [0, 0.1) is 12.7 Å². The summed E-state index contributed by atoms with van der Waals surface area (Å²) in [4.78, 5) is 18.0. The summed E-state index contributed by atoms with van der Waals surface area (Å²) in [5.41, 5.74) is 0.158. The molecular formula is C33H24F7N3O3S. The largest absolute Gasteiger partial charge is 0.573 e. The molecule has 0 spiro atoms. The number of amides is 2. The van der Waals surface area contributed by atoms with Crippen LogP contribution in [-0.2, 0) is 12.0 Å². The van der Waals surface area contributed by atoms with Crippen molar-refractivity contribution in [3.8, 4) is 22.8 Å². The molecule has 0 bridgehead atoms. The van der Waals surface area contributed by atoms with Crippen molar-refractivity contribution in [2.24, 2.45) is 0 Å². The molecule has 0 saturated carbocycles. The summed E-state index contributed by atoms with van der Waals surface area (Å²) in [5, 5.41) is 7.06. The normalized spacial score (nSPS) is 12.0. The van der Waals surface area contributed by atoms with Gasteiger partial charge in [0.1, 0.15) is 17.3 Å². The molecule has 1 aromatic heterocycles. The highest BCUT2D eigenvalue weighted by Gasteiger charge is 2.39. The Hall–Kier alpha value is -5.11. The maximum absolute atomic E-state index is 14.2. The molecule has 5 aromatic rings. The lowest BCUT2D eigenvalue weighted by Crippen LogP contribution is -2.50. The van der Waals surface area contributed by atoms with E-state index in [-0.39, 0.29) is 22.7 Å². The van der Waals surface area contributed by atoms with Crippen molar-refractivity contribution in [2.75, 3.05) is 5.32 Å². The van der Waals surface area contributed by atoms with E-state index in [4.69, 9.17) is 0 Å². The first-order valence-corrected chi connectivity index (χ1v) is 14.6. The first kappa shape index (κ1) is 33.3. The molecule has 47 heavy (non-hydrogen) atoms. The van der Waals surface area contributed by atoms with Gasteiger partial charge in [0.15, 0.2) is 5.13 Å².